The number of benzene rings is 1. The maximum Gasteiger partial charge on any atom is 0.307 e. The summed E-state index contributed by atoms with van der Waals surface area (Å²) in [4.78, 5) is 8.56. The number of imidazole rings is 1. The van der Waals surface area contributed by atoms with Gasteiger partial charge in [-0.1, -0.05) is 23.7 Å². The lowest BCUT2D eigenvalue weighted by Gasteiger charge is -1.97. The highest BCUT2D eigenvalue weighted by Crippen LogP contribution is 2.22. The van der Waals surface area contributed by atoms with Crippen LogP contribution in [0.1, 0.15) is 5.82 Å². The minimum Gasteiger partial charge on any atom is -0.431 e. The van der Waals surface area contributed by atoms with E-state index >= 15 is 0 Å². The Balaban J connectivity index is 1.99. The highest BCUT2D eigenvalue weighted by Gasteiger charge is 2.09. The molecule has 0 fully saturated rings. The monoisotopic (exact) mass is 259 g/mol. The molecule has 2 aromatic heterocycles. The minimum atomic E-state index is 0.509. The normalized spacial score (nSPS) is 10.8. The Bertz CT molecular complexity index is 670. The van der Waals surface area contributed by atoms with Crippen molar-refractivity contribution in [2.45, 2.75) is 6.92 Å². The smallest absolute Gasteiger partial charge is 0.307 e. The lowest BCUT2D eigenvalue weighted by atomic mass is 10.2. The molecule has 0 N–H and O–H groups in total. The molecule has 0 bridgehead atoms. The zero-order valence-electron chi connectivity index (χ0n) is 9.67. The fourth-order valence-electron chi connectivity index (χ4n) is 1.71. The zero-order chi connectivity index (χ0) is 12.5. The molecule has 18 heavy (non-hydrogen) atoms. The Morgan fingerprint density at radius 1 is 1.22 bits per heavy atom. The number of nitrogens with zero attached hydrogens (tertiary/aromatic N) is 3. The molecule has 0 unspecified atom stereocenters. The van der Waals surface area contributed by atoms with Gasteiger partial charge in [0, 0.05) is 23.0 Å². The molecule has 0 saturated heterocycles. The Kier molecular flexibility index (Phi) is 2.64. The summed E-state index contributed by atoms with van der Waals surface area (Å²) < 4.78 is 7.24. The van der Waals surface area contributed by atoms with Gasteiger partial charge in [-0.05, 0) is 19.1 Å². The molecule has 0 aliphatic carbocycles. The van der Waals surface area contributed by atoms with Crippen LogP contribution in [0.2, 0.25) is 5.02 Å². The summed E-state index contributed by atoms with van der Waals surface area (Å²) >= 11 is 5.85. The first-order valence-electron chi connectivity index (χ1n) is 5.46. The number of aryl methyl sites for hydroxylation is 1. The first kappa shape index (κ1) is 11.0. The van der Waals surface area contributed by atoms with Crippen molar-refractivity contribution < 1.29 is 4.42 Å². The minimum absolute atomic E-state index is 0.509. The number of oxazole rings is 1. The molecule has 0 radical (unpaired) electrons. The molecule has 1 aromatic carbocycles. The maximum absolute atomic E-state index is 5.85. The average molecular weight is 260 g/mol. The number of aromatic nitrogens is 3. The Morgan fingerprint density at radius 2 is 2.00 bits per heavy atom. The third kappa shape index (κ3) is 1.91. The van der Waals surface area contributed by atoms with Crippen LogP contribution in [0.4, 0.5) is 0 Å². The van der Waals surface area contributed by atoms with E-state index in [2.05, 4.69) is 9.97 Å². The van der Waals surface area contributed by atoms with Gasteiger partial charge in [-0.15, -0.1) is 0 Å². The van der Waals surface area contributed by atoms with Crippen LogP contribution >= 0.6 is 11.6 Å². The Hall–Kier alpha value is -2.07. The summed E-state index contributed by atoms with van der Waals surface area (Å²) in [7, 11) is 0. The van der Waals surface area contributed by atoms with E-state index in [1.807, 2.05) is 37.4 Å². The van der Waals surface area contributed by atoms with Crippen LogP contribution in [-0.2, 0) is 0 Å². The van der Waals surface area contributed by atoms with Crippen molar-refractivity contribution in [2.75, 3.05) is 0 Å². The molecule has 0 atom stereocenters. The Labute approximate surface area is 109 Å². The van der Waals surface area contributed by atoms with Crippen LogP contribution in [0.5, 0.6) is 0 Å². The van der Waals surface area contributed by atoms with Crippen molar-refractivity contribution in [1.82, 2.24) is 14.5 Å². The SMILES string of the molecule is Cc1nccn1-c1nc(-c2ccc(Cl)cc2)co1. The van der Waals surface area contributed by atoms with E-state index in [1.54, 1.807) is 17.0 Å². The molecule has 5 heteroatoms. The third-order valence-corrected chi connectivity index (χ3v) is 2.92. The van der Waals surface area contributed by atoms with E-state index in [4.69, 9.17) is 16.0 Å². The van der Waals surface area contributed by atoms with Crippen LogP contribution < -0.4 is 0 Å². The quantitative estimate of drug-likeness (QED) is 0.708. The topological polar surface area (TPSA) is 43.9 Å². The van der Waals surface area contributed by atoms with E-state index in [9.17, 15) is 0 Å². The number of rotatable bonds is 2. The molecule has 0 aliphatic rings. The molecule has 0 aliphatic heterocycles. The fourth-order valence-corrected chi connectivity index (χ4v) is 1.83. The van der Waals surface area contributed by atoms with Crippen LogP contribution in [0.3, 0.4) is 0 Å². The van der Waals surface area contributed by atoms with Gasteiger partial charge in [0.2, 0.25) is 0 Å². The van der Waals surface area contributed by atoms with Crippen molar-refractivity contribution in [3.8, 4) is 17.3 Å². The molecule has 90 valence electrons. The van der Waals surface area contributed by atoms with Crippen molar-refractivity contribution in [2.24, 2.45) is 0 Å². The van der Waals surface area contributed by atoms with E-state index in [1.165, 1.54) is 0 Å². The molecule has 0 spiro atoms. The number of halogens is 1. The van der Waals surface area contributed by atoms with Gasteiger partial charge in [-0.3, -0.25) is 4.57 Å². The second-order valence-corrected chi connectivity index (χ2v) is 4.30. The van der Waals surface area contributed by atoms with Gasteiger partial charge >= 0.3 is 6.01 Å². The molecule has 4 nitrogen and oxygen atoms in total. The second kappa shape index (κ2) is 4.31. The van der Waals surface area contributed by atoms with Gasteiger partial charge in [0.25, 0.3) is 0 Å². The first-order chi connectivity index (χ1) is 8.74. The summed E-state index contributed by atoms with van der Waals surface area (Å²) in [5, 5.41) is 0.702. The lowest BCUT2D eigenvalue weighted by Crippen LogP contribution is -1.95. The molecular weight excluding hydrogens is 250 g/mol. The van der Waals surface area contributed by atoms with Crippen LogP contribution in [-0.4, -0.2) is 14.5 Å². The highest BCUT2D eigenvalue weighted by molar-refractivity contribution is 6.30. The van der Waals surface area contributed by atoms with Crippen LogP contribution in [0.25, 0.3) is 17.3 Å². The predicted octanol–water partition coefficient (Wildman–Crippen LogP) is 3.49. The van der Waals surface area contributed by atoms with Gasteiger partial charge in [-0.25, -0.2) is 4.98 Å². The van der Waals surface area contributed by atoms with Crippen molar-refractivity contribution in [3.05, 3.63) is 53.8 Å². The summed E-state index contributed by atoms with van der Waals surface area (Å²) in [5.41, 5.74) is 1.74. The van der Waals surface area contributed by atoms with Crippen molar-refractivity contribution in [3.63, 3.8) is 0 Å². The fraction of sp³-hybridized carbons (Fsp3) is 0.0769. The summed E-state index contributed by atoms with van der Waals surface area (Å²) in [5.74, 6) is 0.833. The van der Waals surface area contributed by atoms with Gasteiger partial charge in [0.15, 0.2) is 0 Å². The molecular formula is C13H10ClN3O. The summed E-state index contributed by atoms with van der Waals surface area (Å²) in [6.45, 7) is 1.90. The van der Waals surface area contributed by atoms with Crippen LogP contribution in [0, 0.1) is 6.92 Å². The predicted molar refractivity (Wildman–Crippen MR) is 68.8 cm³/mol. The number of hydrogen-bond acceptors (Lipinski definition) is 3. The number of hydrogen-bond donors (Lipinski definition) is 0. The van der Waals surface area contributed by atoms with E-state index in [0.717, 1.165) is 17.1 Å². The van der Waals surface area contributed by atoms with E-state index in [-0.39, 0.29) is 0 Å². The van der Waals surface area contributed by atoms with Crippen molar-refractivity contribution in [1.29, 1.82) is 0 Å². The van der Waals surface area contributed by atoms with Crippen molar-refractivity contribution >= 4 is 11.6 Å². The standard InChI is InChI=1S/C13H10ClN3O/c1-9-15-6-7-17(9)13-16-12(8-18-13)10-2-4-11(14)5-3-10/h2-8H,1H3. The zero-order valence-corrected chi connectivity index (χ0v) is 10.4. The van der Waals surface area contributed by atoms with Gasteiger partial charge in [0.1, 0.15) is 17.8 Å². The Morgan fingerprint density at radius 3 is 2.67 bits per heavy atom. The maximum atomic E-state index is 5.85. The molecule has 2 heterocycles. The highest BCUT2D eigenvalue weighted by atomic mass is 35.5. The van der Waals surface area contributed by atoms with Gasteiger partial charge in [-0.2, -0.15) is 4.98 Å². The molecule has 3 aromatic rings. The molecule has 0 saturated carbocycles. The summed E-state index contributed by atoms with van der Waals surface area (Å²) in [6.07, 6.45) is 5.15. The summed E-state index contributed by atoms with van der Waals surface area (Å²) in [6, 6.07) is 7.98. The largest absolute Gasteiger partial charge is 0.431 e. The van der Waals surface area contributed by atoms with Gasteiger partial charge in [0.05, 0.1) is 0 Å². The third-order valence-electron chi connectivity index (χ3n) is 2.66. The lowest BCUT2D eigenvalue weighted by molar-refractivity contribution is 0.523. The van der Waals surface area contributed by atoms with E-state index < -0.39 is 0 Å². The second-order valence-electron chi connectivity index (χ2n) is 3.87. The average Bonchev–Trinajstić information content (AvgIpc) is 2.98. The van der Waals surface area contributed by atoms with Crippen LogP contribution in [0.15, 0.2) is 47.3 Å². The molecule has 0 amide bonds. The van der Waals surface area contributed by atoms with Gasteiger partial charge < -0.3 is 4.42 Å². The van der Waals surface area contributed by atoms with E-state index in [0.29, 0.717) is 11.0 Å². The molecule has 3 rings (SSSR count). The first-order valence-corrected chi connectivity index (χ1v) is 5.83.